The van der Waals surface area contributed by atoms with Crippen molar-refractivity contribution in [1.29, 1.82) is 0 Å². The van der Waals surface area contributed by atoms with Crippen molar-refractivity contribution in [1.82, 2.24) is 19.7 Å². The van der Waals surface area contributed by atoms with Gasteiger partial charge in [-0.3, -0.25) is 9.47 Å². The van der Waals surface area contributed by atoms with Gasteiger partial charge < -0.3 is 4.74 Å². The molecule has 1 atom stereocenters. The fourth-order valence-corrected chi connectivity index (χ4v) is 3.31. The largest absolute Gasteiger partial charge is 0.379 e. The van der Waals surface area contributed by atoms with Gasteiger partial charge >= 0.3 is 0 Å². The Labute approximate surface area is 147 Å². The van der Waals surface area contributed by atoms with Gasteiger partial charge in [-0.2, -0.15) is 0 Å². The molecule has 0 amide bonds. The van der Waals surface area contributed by atoms with E-state index in [4.69, 9.17) is 4.74 Å². The molecule has 1 aliphatic heterocycles. The van der Waals surface area contributed by atoms with Gasteiger partial charge in [0.25, 0.3) is 0 Å². The van der Waals surface area contributed by atoms with Crippen LogP contribution in [0.15, 0.2) is 61.2 Å². The van der Waals surface area contributed by atoms with E-state index in [1.807, 2.05) is 4.57 Å². The molecule has 1 saturated heterocycles. The van der Waals surface area contributed by atoms with Crippen LogP contribution in [0.3, 0.4) is 0 Å². The van der Waals surface area contributed by atoms with E-state index in [0.717, 1.165) is 32.0 Å². The fourth-order valence-electron chi connectivity index (χ4n) is 3.31. The molecule has 3 aromatic rings. The Morgan fingerprint density at radius 2 is 1.64 bits per heavy atom. The van der Waals surface area contributed by atoms with Crippen LogP contribution in [0.4, 0.5) is 0 Å². The maximum absolute atomic E-state index is 5.45. The van der Waals surface area contributed by atoms with E-state index in [-0.39, 0.29) is 0 Å². The molecule has 2 heterocycles. The number of ether oxygens (including phenoxy) is 1. The highest BCUT2D eigenvalue weighted by atomic mass is 16.5. The highest BCUT2D eigenvalue weighted by Gasteiger charge is 2.18. The second kappa shape index (κ2) is 7.17. The highest BCUT2D eigenvalue weighted by molar-refractivity contribution is 5.66. The van der Waals surface area contributed by atoms with E-state index >= 15 is 0 Å². The lowest BCUT2D eigenvalue weighted by Crippen LogP contribution is -2.37. The third-order valence-corrected chi connectivity index (χ3v) is 4.88. The van der Waals surface area contributed by atoms with Crippen molar-refractivity contribution >= 4 is 0 Å². The van der Waals surface area contributed by atoms with Crippen molar-refractivity contribution in [2.24, 2.45) is 0 Å². The average Bonchev–Trinajstić information content (AvgIpc) is 3.23. The number of nitrogens with zero attached hydrogens (tertiary/aromatic N) is 4. The molecule has 2 aromatic carbocycles. The number of hydrogen-bond donors (Lipinski definition) is 0. The Hall–Kier alpha value is -2.50. The average molecular weight is 334 g/mol. The topological polar surface area (TPSA) is 43.2 Å². The van der Waals surface area contributed by atoms with Gasteiger partial charge in [0.05, 0.1) is 13.2 Å². The van der Waals surface area contributed by atoms with Gasteiger partial charge in [0.15, 0.2) is 0 Å². The Balaban J connectivity index is 1.55. The van der Waals surface area contributed by atoms with Crippen LogP contribution in [-0.4, -0.2) is 46.0 Å². The number of aromatic nitrogens is 3. The third kappa shape index (κ3) is 3.48. The summed E-state index contributed by atoms with van der Waals surface area (Å²) in [6.45, 7) is 5.94. The lowest BCUT2D eigenvalue weighted by molar-refractivity contribution is 0.0198. The minimum atomic E-state index is 0.418. The predicted octanol–water partition coefficient (Wildman–Crippen LogP) is 3.33. The van der Waals surface area contributed by atoms with E-state index in [2.05, 4.69) is 70.6 Å². The van der Waals surface area contributed by atoms with Gasteiger partial charge in [-0.05, 0) is 35.7 Å². The van der Waals surface area contributed by atoms with Crippen molar-refractivity contribution in [3.63, 3.8) is 0 Å². The lowest BCUT2D eigenvalue weighted by Gasteiger charge is -2.32. The molecule has 0 spiro atoms. The van der Waals surface area contributed by atoms with Gasteiger partial charge in [0, 0.05) is 24.8 Å². The normalized spacial score (nSPS) is 16.7. The zero-order valence-corrected chi connectivity index (χ0v) is 14.4. The smallest absolute Gasteiger partial charge is 0.123 e. The summed E-state index contributed by atoms with van der Waals surface area (Å²) in [7, 11) is 0. The first kappa shape index (κ1) is 16.0. The highest BCUT2D eigenvalue weighted by Crippen LogP contribution is 2.26. The summed E-state index contributed by atoms with van der Waals surface area (Å²) in [5.74, 6) is 0. The maximum atomic E-state index is 5.45. The minimum Gasteiger partial charge on any atom is -0.379 e. The summed E-state index contributed by atoms with van der Waals surface area (Å²) in [6, 6.07) is 17.7. The molecule has 0 bridgehead atoms. The second-order valence-corrected chi connectivity index (χ2v) is 6.37. The van der Waals surface area contributed by atoms with E-state index in [0.29, 0.717) is 6.04 Å². The number of hydrogen-bond acceptors (Lipinski definition) is 4. The first-order valence-electron chi connectivity index (χ1n) is 8.68. The van der Waals surface area contributed by atoms with Crippen LogP contribution >= 0.6 is 0 Å². The Kier molecular flexibility index (Phi) is 4.59. The van der Waals surface area contributed by atoms with E-state index in [1.165, 1.54) is 16.7 Å². The van der Waals surface area contributed by atoms with E-state index in [1.54, 1.807) is 12.7 Å². The quantitative estimate of drug-likeness (QED) is 0.734. The number of benzene rings is 2. The molecule has 1 fully saturated rings. The first-order chi connectivity index (χ1) is 12.3. The van der Waals surface area contributed by atoms with Gasteiger partial charge in [-0.25, -0.2) is 0 Å². The Morgan fingerprint density at radius 1 is 0.920 bits per heavy atom. The number of rotatable bonds is 4. The van der Waals surface area contributed by atoms with E-state index in [9.17, 15) is 0 Å². The summed E-state index contributed by atoms with van der Waals surface area (Å²) >= 11 is 0. The molecule has 0 radical (unpaired) electrons. The Bertz CT molecular complexity index is 808. The van der Waals surface area contributed by atoms with Crippen molar-refractivity contribution in [3.8, 4) is 16.8 Å². The van der Waals surface area contributed by atoms with Crippen molar-refractivity contribution in [2.45, 2.75) is 13.0 Å². The molecular formula is C20H22N4O. The minimum absolute atomic E-state index is 0.418. The van der Waals surface area contributed by atoms with Gasteiger partial charge in [0.2, 0.25) is 0 Å². The SMILES string of the molecule is CC(c1ccc(-c2cccc(-n3cnnc3)c2)cc1)N1CCOCC1. The molecule has 1 aliphatic rings. The molecule has 25 heavy (non-hydrogen) atoms. The van der Waals surface area contributed by atoms with Crippen LogP contribution in [0.2, 0.25) is 0 Å². The monoisotopic (exact) mass is 334 g/mol. The molecule has 4 rings (SSSR count). The van der Waals surface area contributed by atoms with Crippen LogP contribution in [-0.2, 0) is 4.74 Å². The van der Waals surface area contributed by atoms with Gasteiger partial charge in [0.1, 0.15) is 12.7 Å². The molecular weight excluding hydrogens is 312 g/mol. The van der Waals surface area contributed by atoms with Gasteiger partial charge in [-0.1, -0.05) is 36.4 Å². The fraction of sp³-hybridized carbons (Fsp3) is 0.300. The maximum Gasteiger partial charge on any atom is 0.123 e. The van der Waals surface area contributed by atoms with E-state index < -0.39 is 0 Å². The van der Waals surface area contributed by atoms with Crippen LogP contribution in [0.5, 0.6) is 0 Å². The van der Waals surface area contributed by atoms with Crippen molar-refractivity contribution in [2.75, 3.05) is 26.3 Å². The molecule has 0 saturated carbocycles. The lowest BCUT2D eigenvalue weighted by atomic mass is 10.00. The molecule has 1 unspecified atom stereocenters. The summed E-state index contributed by atoms with van der Waals surface area (Å²) in [4.78, 5) is 2.48. The van der Waals surface area contributed by atoms with Crippen LogP contribution in [0, 0.1) is 0 Å². The molecule has 0 N–H and O–H groups in total. The molecule has 128 valence electrons. The molecule has 0 aliphatic carbocycles. The summed E-state index contributed by atoms with van der Waals surface area (Å²) in [6.07, 6.45) is 3.43. The zero-order valence-electron chi connectivity index (χ0n) is 14.4. The van der Waals surface area contributed by atoms with Crippen LogP contribution in [0.1, 0.15) is 18.5 Å². The van der Waals surface area contributed by atoms with Crippen molar-refractivity contribution < 1.29 is 4.74 Å². The predicted molar refractivity (Wildman–Crippen MR) is 97.6 cm³/mol. The Morgan fingerprint density at radius 3 is 2.36 bits per heavy atom. The van der Waals surface area contributed by atoms with Crippen LogP contribution in [0.25, 0.3) is 16.8 Å². The summed E-state index contributed by atoms with van der Waals surface area (Å²) in [5, 5.41) is 7.75. The third-order valence-electron chi connectivity index (χ3n) is 4.88. The summed E-state index contributed by atoms with van der Waals surface area (Å²) < 4.78 is 7.37. The van der Waals surface area contributed by atoms with Crippen molar-refractivity contribution in [3.05, 3.63) is 66.7 Å². The standard InChI is InChI=1S/C20H22N4O/c1-16(23-9-11-25-12-10-23)17-5-7-18(8-6-17)19-3-2-4-20(13-19)24-14-21-22-15-24/h2-8,13-16H,9-12H2,1H3. The zero-order chi connectivity index (χ0) is 17.1. The second-order valence-electron chi connectivity index (χ2n) is 6.37. The van der Waals surface area contributed by atoms with Crippen LogP contribution < -0.4 is 0 Å². The first-order valence-corrected chi connectivity index (χ1v) is 8.68. The summed E-state index contributed by atoms with van der Waals surface area (Å²) in [5.41, 5.74) is 4.82. The number of morpholine rings is 1. The molecule has 5 nitrogen and oxygen atoms in total. The van der Waals surface area contributed by atoms with Gasteiger partial charge in [-0.15, -0.1) is 10.2 Å². The molecule has 5 heteroatoms. The molecule has 1 aromatic heterocycles.